The number of hydrogen-bond acceptors (Lipinski definition) is 4. The summed E-state index contributed by atoms with van der Waals surface area (Å²) >= 11 is 0. The zero-order valence-corrected chi connectivity index (χ0v) is 11.6. The van der Waals surface area contributed by atoms with Crippen molar-refractivity contribution in [2.45, 2.75) is 20.8 Å². The van der Waals surface area contributed by atoms with Crippen LogP contribution in [-0.2, 0) is 0 Å². The van der Waals surface area contributed by atoms with E-state index in [1.165, 1.54) is 0 Å². The van der Waals surface area contributed by atoms with Crippen LogP contribution in [0.4, 0.5) is 0 Å². The average molecular weight is 269 g/mol. The molecule has 0 fully saturated rings. The number of aromatic nitrogens is 5. The molecule has 0 spiro atoms. The van der Waals surface area contributed by atoms with Gasteiger partial charge in [0.15, 0.2) is 17.2 Å². The highest BCUT2D eigenvalue weighted by Gasteiger charge is 2.26. The van der Waals surface area contributed by atoms with Gasteiger partial charge in [-0.15, -0.1) is 0 Å². The van der Waals surface area contributed by atoms with Crippen molar-refractivity contribution in [3.63, 3.8) is 0 Å². The van der Waals surface area contributed by atoms with E-state index in [2.05, 4.69) is 19.9 Å². The molecular formula is C14H15N5O. The first-order chi connectivity index (χ1) is 9.47. The van der Waals surface area contributed by atoms with Crippen LogP contribution < -0.4 is 0 Å². The second-order valence-electron chi connectivity index (χ2n) is 5.68. The fraction of sp³-hybridized carbons (Fsp3) is 0.286. The standard InChI is InChI=1S/C14H15N5O/c1-14(2,3)12(20)9-6-16-13-11(9)18-10(7-17-13)19-5-4-15-8-19/h4-8H,1-3H3,(H,16,17). The van der Waals surface area contributed by atoms with E-state index in [1.807, 2.05) is 20.8 Å². The predicted octanol–water partition coefficient (Wildman–Crippen LogP) is 2.37. The molecule has 0 saturated carbocycles. The van der Waals surface area contributed by atoms with Gasteiger partial charge in [0.1, 0.15) is 11.8 Å². The van der Waals surface area contributed by atoms with Crippen molar-refractivity contribution >= 4 is 16.9 Å². The Morgan fingerprint density at radius 1 is 1.35 bits per heavy atom. The van der Waals surface area contributed by atoms with Gasteiger partial charge in [0.05, 0.1) is 11.8 Å². The lowest BCUT2D eigenvalue weighted by Gasteiger charge is -2.15. The van der Waals surface area contributed by atoms with E-state index < -0.39 is 5.41 Å². The molecule has 6 heteroatoms. The summed E-state index contributed by atoms with van der Waals surface area (Å²) in [7, 11) is 0. The summed E-state index contributed by atoms with van der Waals surface area (Å²) in [6.07, 6.45) is 8.42. The summed E-state index contributed by atoms with van der Waals surface area (Å²) in [6.45, 7) is 5.67. The SMILES string of the molecule is CC(C)(C)C(=O)c1c[nH]c2ncc(-n3ccnc3)nc12. The number of carbonyl (C=O) groups excluding carboxylic acids is 1. The molecule has 3 aromatic heterocycles. The number of ketones is 1. The van der Waals surface area contributed by atoms with Gasteiger partial charge in [-0.05, 0) is 0 Å². The topological polar surface area (TPSA) is 76.5 Å². The molecule has 1 N–H and O–H groups in total. The van der Waals surface area contributed by atoms with Crippen LogP contribution in [0.1, 0.15) is 31.1 Å². The van der Waals surface area contributed by atoms with E-state index >= 15 is 0 Å². The Morgan fingerprint density at radius 2 is 2.15 bits per heavy atom. The fourth-order valence-electron chi connectivity index (χ4n) is 1.98. The van der Waals surface area contributed by atoms with E-state index in [0.29, 0.717) is 22.5 Å². The molecule has 3 aromatic rings. The normalized spacial score (nSPS) is 11.9. The highest BCUT2D eigenvalue weighted by molar-refractivity contribution is 6.08. The molecule has 0 amide bonds. The lowest BCUT2D eigenvalue weighted by Crippen LogP contribution is -2.20. The molecule has 3 rings (SSSR count). The molecule has 0 radical (unpaired) electrons. The molecular weight excluding hydrogens is 254 g/mol. The van der Waals surface area contributed by atoms with Crippen LogP contribution in [0.2, 0.25) is 0 Å². The third-order valence-electron chi connectivity index (χ3n) is 3.06. The van der Waals surface area contributed by atoms with Gasteiger partial charge in [0.25, 0.3) is 0 Å². The summed E-state index contributed by atoms with van der Waals surface area (Å²) in [4.78, 5) is 28.2. The van der Waals surface area contributed by atoms with Crippen molar-refractivity contribution in [3.8, 4) is 5.82 Å². The molecule has 3 heterocycles. The molecule has 0 aromatic carbocycles. The van der Waals surface area contributed by atoms with Crippen molar-refractivity contribution in [2.75, 3.05) is 0 Å². The minimum absolute atomic E-state index is 0.0424. The van der Waals surface area contributed by atoms with E-state index in [9.17, 15) is 4.79 Å². The Bertz CT molecular complexity index is 765. The van der Waals surface area contributed by atoms with Gasteiger partial charge < -0.3 is 4.98 Å². The number of rotatable bonds is 2. The summed E-state index contributed by atoms with van der Waals surface area (Å²) < 4.78 is 1.75. The summed E-state index contributed by atoms with van der Waals surface area (Å²) in [5.41, 5.74) is 1.32. The first-order valence-corrected chi connectivity index (χ1v) is 6.34. The summed E-state index contributed by atoms with van der Waals surface area (Å²) in [6, 6.07) is 0. The highest BCUT2D eigenvalue weighted by Crippen LogP contribution is 2.25. The molecule has 0 aliphatic rings. The van der Waals surface area contributed by atoms with Gasteiger partial charge >= 0.3 is 0 Å². The Balaban J connectivity index is 2.16. The number of aromatic amines is 1. The highest BCUT2D eigenvalue weighted by atomic mass is 16.1. The summed E-state index contributed by atoms with van der Waals surface area (Å²) in [5, 5.41) is 0. The average Bonchev–Trinajstić information content (AvgIpc) is 3.05. The van der Waals surface area contributed by atoms with E-state index in [1.54, 1.807) is 35.7 Å². The molecule has 0 saturated heterocycles. The second kappa shape index (κ2) is 4.26. The number of carbonyl (C=O) groups is 1. The third kappa shape index (κ3) is 1.99. The van der Waals surface area contributed by atoms with Crippen LogP contribution in [0, 0.1) is 5.41 Å². The molecule has 0 aliphatic heterocycles. The third-order valence-corrected chi connectivity index (χ3v) is 3.06. The van der Waals surface area contributed by atoms with Gasteiger partial charge in [-0.2, -0.15) is 0 Å². The van der Waals surface area contributed by atoms with Gasteiger partial charge in [-0.25, -0.2) is 15.0 Å². The van der Waals surface area contributed by atoms with E-state index in [-0.39, 0.29) is 5.78 Å². The van der Waals surface area contributed by atoms with Gasteiger partial charge in [0, 0.05) is 24.0 Å². The maximum absolute atomic E-state index is 12.4. The van der Waals surface area contributed by atoms with E-state index in [0.717, 1.165) is 0 Å². The van der Waals surface area contributed by atoms with Gasteiger partial charge in [-0.1, -0.05) is 20.8 Å². The van der Waals surface area contributed by atoms with Crippen molar-refractivity contribution < 1.29 is 4.79 Å². The second-order valence-corrected chi connectivity index (χ2v) is 5.68. The molecule has 0 atom stereocenters. The fourth-order valence-corrected chi connectivity index (χ4v) is 1.98. The first kappa shape index (κ1) is 12.5. The van der Waals surface area contributed by atoms with Crippen LogP contribution in [-0.4, -0.2) is 30.3 Å². The number of H-pyrrole nitrogens is 1. The molecule has 0 bridgehead atoms. The lowest BCUT2D eigenvalue weighted by molar-refractivity contribution is 0.0860. The molecule has 20 heavy (non-hydrogen) atoms. The van der Waals surface area contributed by atoms with Crippen molar-refractivity contribution in [1.82, 2.24) is 24.5 Å². The largest absolute Gasteiger partial charge is 0.344 e. The Labute approximate surface area is 115 Å². The van der Waals surface area contributed by atoms with Crippen molar-refractivity contribution in [1.29, 1.82) is 0 Å². The summed E-state index contributed by atoms with van der Waals surface area (Å²) in [5.74, 6) is 0.679. The zero-order chi connectivity index (χ0) is 14.3. The van der Waals surface area contributed by atoms with E-state index in [4.69, 9.17) is 0 Å². The lowest BCUT2D eigenvalue weighted by atomic mass is 9.87. The van der Waals surface area contributed by atoms with Crippen molar-refractivity contribution in [3.05, 3.63) is 36.7 Å². The monoisotopic (exact) mass is 269 g/mol. The Hall–Kier alpha value is -2.50. The van der Waals surface area contributed by atoms with Crippen molar-refractivity contribution in [2.24, 2.45) is 5.41 Å². The number of nitrogens with one attached hydrogen (secondary N) is 1. The Kier molecular flexibility index (Phi) is 2.67. The first-order valence-electron chi connectivity index (χ1n) is 6.34. The minimum atomic E-state index is -0.457. The maximum Gasteiger partial charge on any atom is 0.171 e. The van der Waals surface area contributed by atoms with Crippen LogP contribution >= 0.6 is 0 Å². The number of fused-ring (bicyclic) bond motifs is 1. The van der Waals surface area contributed by atoms with Crippen LogP contribution in [0.15, 0.2) is 31.1 Å². The number of imidazole rings is 1. The van der Waals surface area contributed by atoms with Gasteiger partial charge in [0.2, 0.25) is 0 Å². The quantitative estimate of drug-likeness (QED) is 0.724. The van der Waals surface area contributed by atoms with Gasteiger partial charge in [-0.3, -0.25) is 9.36 Å². The predicted molar refractivity (Wildman–Crippen MR) is 74.8 cm³/mol. The minimum Gasteiger partial charge on any atom is -0.344 e. The number of nitrogens with zero attached hydrogens (tertiary/aromatic N) is 4. The Morgan fingerprint density at radius 3 is 2.80 bits per heavy atom. The zero-order valence-electron chi connectivity index (χ0n) is 11.6. The maximum atomic E-state index is 12.4. The number of Topliss-reactive ketones (excluding diaryl/α,β-unsaturated/α-hetero) is 1. The number of hydrogen-bond donors (Lipinski definition) is 1. The molecule has 0 unspecified atom stereocenters. The molecule has 102 valence electrons. The van der Waals surface area contributed by atoms with Crippen LogP contribution in [0.5, 0.6) is 0 Å². The smallest absolute Gasteiger partial charge is 0.171 e. The van der Waals surface area contributed by atoms with Crippen LogP contribution in [0.3, 0.4) is 0 Å². The molecule has 0 aliphatic carbocycles. The van der Waals surface area contributed by atoms with Crippen LogP contribution in [0.25, 0.3) is 17.0 Å². The molecule has 6 nitrogen and oxygen atoms in total.